The van der Waals surface area contributed by atoms with Crippen LogP contribution in [0.3, 0.4) is 0 Å². The summed E-state index contributed by atoms with van der Waals surface area (Å²) >= 11 is 0. The van der Waals surface area contributed by atoms with Gasteiger partial charge in [0.2, 0.25) is 17.7 Å². The van der Waals surface area contributed by atoms with E-state index in [1.54, 1.807) is 13.8 Å². The summed E-state index contributed by atoms with van der Waals surface area (Å²) in [5.41, 5.74) is 2.04. The van der Waals surface area contributed by atoms with Crippen molar-refractivity contribution in [1.82, 2.24) is 21.1 Å². The Morgan fingerprint density at radius 1 is 0.902 bits per heavy atom. The first kappa shape index (κ1) is 37.1. The smallest absolute Gasteiger partial charge is 0.249 e. The Hall–Kier alpha value is -1.97. The van der Waals surface area contributed by atoms with Gasteiger partial charge in [0, 0.05) is 43.9 Å². The molecule has 1 heterocycles. The van der Waals surface area contributed by atoms with Gasteiger partial charge in [0.25, 0.3) is 0 Å². The molecule has 0 aliphatic carbocycles. The molecule has 9 heteroatoms. The number of aliphatic hydroxyl groups is 2. The second-order valence-corrected chi connectivity index (χ2v) is 12.3. The fraction of sp³-hybridized carbons (Fsp3) is 0.844. The van der Waals surface area contributed by atoms with Gasteiger partial charge in [-0.15, -0.1) is 0 Å². The summed E-state index contributed by atoms with van der Waals surface area (Å²) in [4.78, 5) is 36.8. The molecule has 1 aliphatic rings. The zero-order chi connectivity index (χ0) is 30.3. The molecule has 2 atom stereocenters. The molecule has 238 valence electrons. The van der Waals surface area contributed by atoms with E-state index in [9.17, 15) is 24.6 Å². The lowest BCUT2D eigenvalue weighted by molar-refractivity contribution is -0.137. The van der Waals surface area contributed by atoms with Gasteiger partial charge in [-0.3, -0.25) is 19.8 Å². The van der Waals surface area contributed by atoms with E-state index in [0.717, 1.165) is 45.1 Å². The van der Waals surface area contributed by atoms with Crippen LogP contribution in [0.2, 0.25) is 0 Å². The van der Waals surface area contributed by atoms with Gasteiger partial charge >= 0.3 is 0 Å². The number of carbonyl (C=O) groups is 3. The van der Waals surface area contributed by atoms with E-state index in [1.165, 1.54) is 57.8 Å². The van der Waals surface area contributed by atoms with E-state index in [2.05, 4.69) is 35.1 Å². The van der Waals surface area contributed by atoms with Crippen molar-refractivity contribution in [1.29, 1.82) is 0 Å². The Morgan fingerprint density at radius 2 is 1.51 bits per heavy atom. The van der Waals surface area contributed by atoms with Crippen LogP contribution in [0, 0.1) is 5.41 Å². The average molecular weight is 581 g/mol. The molecule has 0 aromatic rings. The number of carbonyl (C=O) groups excluding carboxylic acids is 3. The number of unbranched alkanes of at least 4 members (excludes halogenated alkanes) is 11. The zero-order valence-corrected chi connectivity index (χ0v) is 26.2. The standard InChI is InChI=1S/C32H60N4O5/c1-4-5-6-7-8-9-10-11-12-13-14-15-16-17-18-21-29(39)35-36-24-19-20-27(25-36)34-28(38)22-23-33-31(41)30(40)32(2,3)26-37/h11-12,27,30,37,40H,4-10,13-26H2,1-3H3,(H,33,41)(H,34,38)(H,35,39). The normalized spacial score (nSPS) is 17.0. The molecule has 41 heavy (non-hydrogen) atoms. The van der Waals surface area contributed by atoms with E-state index >= 15 is 0 Å². The summed E-state index contributed by atoms with van der Waals surface area (Å²) < 4.78 is 0. The lowest BCUT2D eigenvalue weighted by Gasteiger charge is -2.33. The topological polar surface area (TPSA) is 131 Å². The van der Waals surface area contributed by atoms with Crippen molar-refractivity contribution in [2.24, 2.45) is 5.41 Å². The molecule has 9 nitrogen and oxygen atoms in total. The molecule has 0 bridgehead atoms. The third kappa shape index (κ3) is 18.2. The van der Waals surface area contributed by atoms with Crippen LogP contribution in [0.4, 0.5) is 0 Å². The molecular formula is C32H60N4O5. The molecule has 2 unspecified atom stereocenters. The number of nitrogens with one attached hydrogen (secondary N) is 3. The summed E-state index contributed by atoms with van der Waals surface area (Å²) in [6.45, 7) is 6.54. The van der Waals surface area contributed by atoms with Gasteiger partial charge in [0.15, 0.2) is 0 Å². The van der Waals surface area contributed by atoms with Crippen LogP contribution in [0.5, 0.6) is 0 Å². The number of nitrogens with zero attached hydrogens (tertiary/aromatic N) is 1. The molecular weight excluding hydrogens is 520 g/mol. The maximum atomic E-state index is 12.4. The molecule has 0 saturated carbocycles. The molecule has 0 aromatic heterocycles. The zero-order valence-electron chi connectivity index (χ0n) is 26.2. The van der Waals surface area contributed by atoms with Crippen LogP contribution >= 0.6 is 0 Å². The Morgan fingerprint density at radius 3 is 2.15 bits per heavy atom. The molecule has 1 saturated heterocycles. The summed E-state index contributed by atoms with van der Waals surface area (Å²) in [5, 5.41) is 26.7. The summed E-state index contributed by atoms with van der Waals surface area (Å²) in [5.74, 6) is -0.760. The molecule has 1 rings (SSSR count). The number of allylic oxidation sites excluding steroid dienone is 2. The minimum atomic E-state index is -1.35. The molecule has 1 aliphatic heterocycles. The van der Waals surface area contributed by atoms with Gasteiger partial charge in [-0.2, -0.15) is 0 Å². The molecule has 0 spiro atoms. The molecule has 1 fully saturated rings. The predicted molar refractivity (Wildman–Crippen MR) is 165 cm³/mol. The highest BCUT2D eigenvalue weighted by molar-refractivity contribution is 5.82. The Balaban J connectivity index is 2.08. The van der Waals surface area contributed by atoms with E-state index < -0.39 is 17.4 Å². The van der Waals surface area contributed by atoms with Crippen LogP contribution < -0.4 is 16.1 Å². The highest BCUT2D eigenvalue weighted by Gasteiger charge is 2.32. The summed E-state index contributed by atoms with van der Waals surface area (Å²) in [6, 6.07) is -0.0639. The number of amides is 3. The monoisotopic (exact) mass is 580 g/mol. The van der Waals surface area contributed by atoms with Gasteiger partial charge in [-0.05, 0) is 44.9 Å². The van der Waals surface area contributed by atoms with E-state index in [4.69, 9.17) is 0 Å². The Labute approximate surface area is 249 Å². The van der Waals surface area contributed by atoms with Crippen molar-refractivity contribution < 1.29 is 24.6 Å². The van der Waals surface area contributed by atoms with Gasteiger partial charge in [0.1, 0.15) is 6.10 Å². The first-order valence-electron chi connectivity index (χ1n) is 16.2. The SMILES string of the molecule is CCCCCCCCC=CCCCCCCCC(=O)NN1CCCC(NC(=O)CCNC(=O)C(O)C(C)(C)CO)C1. The summed E-state index contributed by atoms with van der Waals surface area (Å²) in [7, 11) is 0. The van der Waals surface area contributed by atoms with Crippen LogP contribution in [-0.4, -0.2) is 71.3 Å². The first-order chi connectivity index (χ1) is 19.7. The van der Waals surface area contributed by atoms with Crippen molar-refractivity contribution in [3.8, 4) is 0 Å². The number of hydrogen-bond donors (Lipinski definition) is 5. The lowest BCUT2D eigenvalue weighted by Crippen LogP contribution is -2.54. The average Bonchev–Trinajstić information content (AvgIpc) is 2.94. The summed E-state index contributed by atoms with van der Waals surface area (Å²) in [6.07, 6.45) is 21.7. The van der Waals surface area contributed by atoms with Crippen molar-refractivity contribution >= 4 is 17.7 Å². The van der Waals surface area contributed by atoms with Crippen LogP contribution in [0.25, 0.3) is 0 Å². The Bertz CT molecular complexity index is 758. The number of hydrogen-bond acceptors (Lipinski definition) is 6. The first-order valence-corrected chi connectivity index (χ1v) is 16.2. The van der Waals surface area contributed by atoms with Crippen molar-refractivity contribution in [2.45, 2.75) is 142 Å². The van der Waals surface area contributed by atoms with Crippen LogP contribution in [0.1, 0.15) is 130 Å². The van der Waals surface area contributed by atoms with Gasteiger partial charge in [-0.1, -0.05) is 84.3 Å². The second kappa shape index (κ2) is 22.6. The number of hydrazine groups is 1. The molecule has 3 amide bonds. The maximum absolute atomic E-state index is 12.4. The van der Waals surface area contributed by atoms with Gasteiger partial charge < -0.3 is 20.8 Å². The lowest BCUT2D eigenvalue weighted by atomic mass is 9.87. The van der Waals surface area contributed by atoms with Gasteiger partial charge in [0.05, 0.1) is 6.61 Å². The van der Waals surface area contributed by atoms with Crippen LogP contribution in [0.15, 0.2) is 12.2 Å². The predicted octanol–water partition coefficient (Wildman–Crippen LogP) is 4.52. The highest BCUT2D eigenvalue weighted by atomic mass is 16.3. The third-order valence-electron chi connectivity index (χ3n) is 7.78. The van der Waals surface area contributed by atoms with E-state index in [-0.39, 0.29) is 37.4 Å². The second-order valence-electron chi connectivity index (χ2n) is 12.3. The maximum Gasteiger partial charge on any atom is 0.249 e. The largest absolute Gasteiger partial charge is 0.396 e. The number of rotatable bonds is 23. The highest BCUT2D eigenvalue weighted by Crippen LogP contribution is 2.19. The van der Waals surface area contributed by atoms with E-state index in [0.29, 0.717) is 13.0 Å². The molecule has 0 radical (unpaired) electrons. The van der Waals surface area contributed by atoms with Gasteiger partial charge in [-0.25, -0.2) is 5.01 Å². The minimum absolute atomic E-state index is 0.0293. The number of piperidine rings is 1. The van der Waals surface area contributed by atoms with Crippen molar-refractivity contribution in [3.63, 3.8) is 0 Å². The quantitative estimate of drug-likeness (QED) is 0.0892. The van der Waals surface area contributed by atoms with E-state index in [1.807, 2.05) is 5.01 Å². The number of aliphatic hydroxyl groups excluding tert-OH is 2. The molecule has 5 N–H and O–H groups in total. The van der Waals surface area contributed by atoms with Crippen LogP contribution in [-0.2, 0) is 14.4 Å². The Kier molecular flexibility index (Phi) is 20.4. The minimum Gasteiger partial charge on any atom is -0.396 e. The fourth-order valence-corrected chi connectivity index (χ4v) is 4.92. The molecule has 0 aromatic carbocycles. The fourth-order valence-electron chi connectivity index (χ4n) is 4.92. The third-order valence-corrected chi connectivity index (χ3v) is 7.78. The van der Waals surface area contributed by atoms with Crippen molar-refractivity contribution in [2.75, 3.05) is 26.2 Å². The van der Waals surface area contributed by atoms with Crippen molar-refractivity contribution in [3.05, 3.63) is 12.2 Å².